The molecule has 0 unspecified atom stereocenters. The molecular weight excluding hydrogens is 262 g/mol. The monoisotopic (exact) mass is 277 g/mol. The molecule has 0 aliphatic heterocycles. The summed E-state index contributed by atoms with van der Waals surface area (Å²) < 4.78 is 1.68. The fraction of sp³-hybridized carbons (Fsp3) is 0.333. The third kappa shape index (κ3) is 2.93. The lowest BCUT2D eigenvalue weighted by molar-refractivity contribution is -0.118. The van der Waals surface area contributed by atoms with Crippen LogP contribution < -0.4 is 5.32 Å². The topological polar surface area (TPSA) is 72.7 Å². The van der Waals surface area contributed by atoms with Gasteiger partial charge < -0.3 is 5.32 Å². The van der Waals surface area contributed by atoms with Crippen LogP contribution in [-0.4, -0.2) is 38.9 Å². The van der Waals surface area contributed by atoms with Crippen LogP contribution in [0.5, 0.6) is 0 Å². The van der Waals surface area contributed by atoms with Gasteiger partial charge in [-0.2, -0.15) is 4.68 Å². The number of hydrogen-bond acceptors (Lipinski definition) is 5. The first-order valence-electron chi connectivity index (χ1n) is 5.82. The summed E-state index contributed by atoms with van der Waals surface area (Å²) in [4.78, 5) is 11.3. The molecule has 0 atom stereocenters. The van der Waals surface area contributed by atoms with Crippen LogP contribution in [0.3, 0.4) is 0 Å². The first-order valence-corrected chi connectivity index (χ1v) is 6.80. The van der Waals surface area contributed by atoms with Gasteiger partial charge in [-0.25, -0.2) is 0 Å². The molecule has 0 radical (unpaired) electrons. The molecule has 6 nitrogen and oxygen atoms in total. The Kier molecular flexibility index (Phi) is 4.16. The van der Waals surface area contributed by atoms with E-state index in [1.54, 1.807) is 11.7 Å². The number of carbonyl (C=O) groups excluding carboxylic acids is 1. The molecule has 1 heterocycles. The van der Waals surface area contributed by atoms with Gasteiger partial charge >= 0.3 is 0 Å². The van der Waals surface area contributed by atoms with Gasteiger partial charge in [0.25, 0.3) is 0 Å². The predicted molar refractivity (Wildman–Crippen MR) is 73.4 cm³/mol. The number of benzene rings is 1. The first-order chi connectivity index (χ1) is 9.13. The lowest BCUT2D eigenvalue weighted by Gasteiger charge is -2.10. The Morgan fingerprint density at radius 3 is 2.68 bits per heavy atom. The van der Waals surface area contributed by atoms with E-state index >= 15 is 0 Å². The number of aromatic nitrogens is 4. The predicted octanol–water partition coefficient (Wildman–Crippen LogP) is 1.12. The first kappa shape index (κ1) is 13.5. The SMILES string of the molecule is CNC(=O)CSc1nnnn1-c1c(C)cccc1C. The maximum absolute atomic E-state index is 11.3. The number of nitrogens with zero attached hydrogens (tertiary/aromatic N) is 4. The van der Waals surface area contributed by atoms with E-state index in [0.29, 0.717) is 10.9 Å². The number of hydrogen-bond donors (Lipinski definition) is 1. The zero-order valence-corrected chi connectivity index (χ0v) is 11.9. The van der Waals surface area contributed by atoms with Crippen molar-refractivity contribution in [1.29, 1.82) is 0 Å². The second-order valence-corrected chi connectivity index (χ2v) is 5.02. The van der Waals surface area contributed by atoms with Crippen LogP contribution >= 0.6 is 11.8 Å². The van der Waals surface area contributed by atoms with E-state index in [0.717, 1.165) is 16.8 Å². The van der Waals surface area contributed by atoms with Crippen molar-refractivity contribution in [3.8, 4) is 5.69 Å². The number of amides is 1. The molecule has 0 bridgehead atoms. The number of thioether (sulfide) groups is 1. The Labute approximate surface area is 115 Å². The van der Waals surface area contributed by atoms with Crippen LogP contribution in [0.1, 0.15) is 11.1 Å². The van der Waals surface area contributed by atoms with Crippen molar-refractivity contribution in [2.75, 3.05) is 12.8 Å². The standard InChI is InChI=1S/C12H15N5OS/c1-8-5-4-6-9(2)11(8)17-12(14-15-16-17)19-7-10(18)13-3/h4-6H,7H2,1-3H3,(H,13,18). The molecule has 0 fully saturated rings. The van der Waals surface area contributed by atoms with Gasteiger partial charge in [-0.15, -0.1) is 5.10 Å². The summed E-state index contributed by atoms with van der Waals surface area (Å²) >= 11 is 1.31. The molecule has 19 heavy (non-hydrogen) atoms. The Hall–Kier alpha value is -1.89. The van der Waals surface area contributed by atoms with Gasteiger partial charge in [-0.3, -0.25) is 4.79 Å². The molecule has 2 rings (SSSR count). The second kappa shape index (κ2) is 5.83. The van der Waals surface area contributed by atoms with Gasteiger partial charge in [-0.05, 0) is 35.4 Å². The average Bonchev–Trinajstić information content (AvgIpc) is 2.84. The summed E-state index contributed by atoms with van der Waals surface area (Å²) in [6, 6.07) is 6.02. The van der Waals surface area contributed by atoms with Gasteiger partial charge in [0.2, 0.25) is 11.1 Å². The molecule has 0 saturated heterocycles. The number of carbonyl (C=O) groups is 1. The Morgan fingerprint density at radius 1 is 1.37 bits per heavy atom. The summed E-state index contributed by atoms with van der Waals surface area (Å²) in [5.74, 6) is 0.239. The zero-order valence-electron chi connectivity index (χ0n) is 11.0. The maximum atomic E-state index is 11.3. The smallest absolute Gasteiger partial charge is 0.230 e. The van der Waals surface area contributed by atoms with Gasteiger partial charge in [0, 0.05) is 7.05 Å². The van der Waals surface area contributed by atoms with E-state index in [-0.39, 0.29) is 5.91 Å². The fourth-order valence-electron chi connectivity index (χ4n) is 1.75. The minimum Gasteiger partial charge on any atom is -0.358 e. The zero-order chi connectivity index (χ0) is 13.8. The van der Waals surface area contributed by atoms with E-state index in [9.17, 15) is 4.79 Å². The summed E-state index contributed by atoms with van der Waals surface area (Å²) in [5.41, 5.74) is 3.15. The minimum absolute atomic E-state index is 0.0546. The molecular formula is C12H15N5OS. The van der Waals surface area contributed by atoms with Crippen molar-refractivity contribution in [2.24, 2.45) is 0 Å². The third-order valence-corrected chi connectivity index (χ3v) is 3.62. The van der Waals surface area contributed by atoms with E-state index in [1.807, 2.05) is 32.0 Å². The normalized spacial score (nSPS) is 10.5. The molecule has 1 N–H and O–H groups in total. The number of tetrazole rings is 1. The molecule has 1 aromatic heterocycles. The van der Waals surface area contributed by atoms with Gasteiger partial charge in [0.1, 0.15) is 0 Å². The molecule has 1 amide bonds. The van der Waals surface area contributed by atoms with Crippen LogP contribution in [0.25, 0.3) is 5.69 Å². The van der Waals surface area contributed by atoms with Crippen molar-refractivity contribution >= 4 is 17.7 Å². The second-order valence-electron chi connectivity index (χ2n) is 4.08. The summed E-state index contributed by atoms with van der Waals surface area (Å²) in [5, 5.41) is 14.9. The lowest BCUT2D eigenvalue weighted by Crippen LogP contribution is -2.20. The summed E-state index contributed by atoms with van der Waals surface area (Å²) in [7, 11) is 1.61. The number of para-hydroxylation sites is 1. The third-order valence-electron chi connectivity index (χ3n) is 2.70. The van der Waals surface area contributed by atoms with Crippen molar-refractivity contribution in [3.05, 3.63) is 29.3 Å². The molecule has 0 aliphatic rings. The molecule has 0 spiro atoms. The highest BCUT2D eigenvalue weighted by molar-refractivity contribution is 7.99. The number of nitrogens with one attached hydrogen (secondary N) is 1. The van der Waals surface area contributed by atoms with Crippen molar-refractivity contribution in [1.82, 2.24) is 25.5 Å². The minimum atomic E-state index is -0.0546. The van der Waals surface area contributed by atoms with Gasteiger partial charge in [0.05, 0.1) is 11.4 Å². The lowest BCUT2D eigenvalue weighted by atomic mass is 10.1. The van der Waals surface area contributed by atoms with Crippen LogP contribution in [0.15, 0.2) is 23.4 Å². The van der Waals surface area contributed by atoms with Crippen LogP contribution in [0.4, 0.5) is 0 Å². The van der Waals surface area contributed by atoms with Gasteiger partial charge in [0.15, 0.2) is 0 Å². The number of aryl methyl sites for hydroxylation is 2. The van der Waals surface area contributed by atoms with Crippen LogP contribution in [0, 0.1) is 13.8 Å². The largest absolute Gasteiger partial charge is 0.358 e. The van der Waals surface area contributed by atoms with Crippen molar-refractivity contribution in [2.45, 2.75) is 19.0 Å². The maximum Gasteiger partial charge on any atom is 0.230 e. The highest BCUT2D eigenvalue weighted by atomic mass is 32.2. The van der Waals surface area contributed by atoms with Gasteiger partial charge in [-0.1, -0.05) is 30.0 Å². The molecule has 2 aromatic rings. The summed E-state index contributed by atoms with van der Waals surface area (Å²) in [6.45, 7) is 4.02. The average molecular weight is 277 g/mol. The Balaban J connectivity index is 2.31. The van der Waals surface area contributed by atoms with Crippen molar-refractivity contribution in [3.63, 3.8) is 0 Å². The summed E-state index contributed by atoms with van der Waals surface area (Å²) in [6.07, 6.45) is 0. The highest BCUT2D eigenvalue weighted by Crippen LogP contribution is 2.23. The molecule has 7 heteroatoms. The van der Waals surface area contributed by atoms with Crippen LogP contribution in [-0.2, 0) is 4.79 Å². The fourth-order valence-corrected chi connectivity index (χ4v) is 2.50. The Bertz CT molecular complexity index is 575. The molecule has 100 valence electrons. The van der Waals surface area contributed by atoms with E-state index in [2.05, 4.69) is 20.8 Å². The van der Waals surface area contributed by atoms with E-state index in [1.165, 1.54) is 11.8 Å². The van der Waals surface area contributed by atoms with Crippen molar-refractivity contribution < 1.29 is 4.79 Å². The quantitative estimate of drug-likeness (QED) is 0.848. The Morgan fingerprint density at radius 2 is 2.05 bits per heavy atom. The molecule has 0 aliphatic carbocycles. The highest BCUT2D eigenvalue weighted by Gasteiger charge is 2.14. The van der Waals surface area contributed by atoms with E-state index in [4.69, 9.17) is 0 Å². The van der Waals surface area contributed by atoms with Crippen LogP contribution in [0.2, 0.25) is 0 Å². The molecule has 0 saturated carbocycles. The molecule has 1 aromatic carbocycles. The van der Waals surface area contributed by atoms with E-state index < -0.39 is 0 Å². The number of rotatable bonds is 4.